The summed E-state index contributed by atoms with van der Waals surface area (Å²) >= 11 is 0. The molecule has 32 heavy (non-hydrogen) atoms. The topological polar surface area (TPSA) is 76.1 Å². The molecule has 1 unspecified atom stereocenters. The third-order valence-electron chi connectivity index (χ3n) is 5.70. The fourth-order valence-electron chi connectivity index (χ4n) is 4.11. The van der Waals surface area contributed by atoms with Crippen LogP contribution in [0.4, 0.5) is 0 Å². The summed E-state index contributed by atoms with van der Waals surface area (Å²) in [6, 6.07) is 11.9. The Labute approximate surface area is 189 Å². The quantitative estimate of drug-likeness (QED) is 0.258. The molecule has 6 nitrogen and oxygen atoms in total. The maximum atomic E-state index is 13.1. The van der Waals surface area contributed by atoms with E-state index in [4.69, 9.17) is 9.47 Å². The van der Waals surface area contributed by atoms with E-state index < -0.39 is 17.7 Å². The summed E-state index contributed by atoms with van der Waals surface area (Å²) < 4.78 is 10.9. The largest absolute Gasteiger partial charge is 0.507 e. The SMILES string of the molecule is CCCCCN1C(=O)C(=O)/C(=C(/O)c2ccc(OC)c(C)c2)C1c1cccc(OCC)c1. The van der Waals surface area contributed by atoms with Gasteiger partial charge in [-0.05, 0) is 61.7 Å². The van der Waals surface area contributed by atoms with Gasteiger partial charge in [-0.25, -0.2) is 0 Å². The molecule has 1 aliphatic heterocycles. The van der Waals surface area contributed by atoms with Crippen molar-refractivity contribution < 1.29 is 24.2 Å². The van der Waals surface area contributed by atoms with Gasteiger partial charge in [-0.3, -0.25) is 9.59 Å². The standard InChI is InChI=1S/C26H31NO5/c1-5-7-8-14-27-23(18-10-9-11-20(16-18)32-6-2)22(25(29)26(27)30)24(28)19-12-13-21(31-4)17(3)15-19/h9-13,15-16,23,28H,5-8,14H2,1-4H3/b24-22+. The number of carbonyl (C=O) groups excluding carboxylic acids is 2. The van der Waals surface area contributed by atoms with Crippen molar-refractivity contribution >= 4 is 17.4 Å². The number of ketones is 1. The molecule has 0 radical (unpaired) electrons. The molecule has 1 aliphatic rings. The molecule has 2 aromatic carbocycles. The Bertz CT molecular complexity index is 1030. The molecule has 0 aliphatic carbocycles. The lowest BCUT2D eigenvalue weighted by atomic mass is 9.94. The van der Waals surface area contributed by atoms with E-state index in [2.05, 4.69) is 6.92 Å². The van der Waals surface area contributed by atoms with Crippen molar-refractivity contribution in [2.45, 2.75) is 46.1 Å². The summed E-state index contributed by atoms with van der Waals surface area (Å²) in [6.45, 7) is 6.80. The van der Waals surface area contributed by atoms with Crippen LogP contribution >= 0.6 is 0 Å². The van der Waals surface area contributed by atoms with Crippen LogP contribution in [0, 0.1) is 6.92 Å². The molecule has 0 saturated carbocycles. The second-order valence-electron chi connectivity index (χ2n) is 7.89. The third-order valence-corrected chi connectivity index (χ3v) is 5.70. The number of amides is 1. The number of rotatable bonds is 9. The summed E-state index contributed by atoms with van der Waals surface area (Å²) in [4.78, 5) is 27.7. The van der Waals surface area contributed by atoms with Gasteiger partial charge in [0.15, 0.2) is 0 Å². The van der Waals surface area contributed by atoms with Crippen LogP contribution in [0.15, 0.2) is 48.0 Å². The van der Waals surface area contributed by atoms with E-state index in [0.29, 0.717) is 30.2 Å². The zero-order chi connectivity index (χ0) is 23.3. The average molecular weight is 438 g/mol. The van der Waals surface area contributed by atoms with Crippen molar-refractivity contribution in [2.24, 2.45) is 0 Å². The van der Waals surface area contributed by atoms with E-state index in [-0.39, 0.29) is 11.3 Å². The van der Waals surface area contributed by atoms with Crippen LogP contribution in [-0.2, 0) is 9.59 Å². The monoisotopic (exact) mass is 437 g/mol. The lowest BCUT2D eigenvalue weighted by Crippen LogP contribution is -2.30. The van der Waals surface area contributed by atoms with Crippen LogP contribution in [0.3, 0.4) is 0 Å². The predicted octanol–water partition coefficient (Wildman–Crippen LogP) is 5.01. The van der Waals surface area contributed by atoms with Gasteiger partial charge in [-0.2, -0.15) is 0 Å². The number of Topliss-reactive ketones (excluding diaryl/α,β-unsaturated/α-hetero) is 1. The van der Waals surface area contributed by atoms with E-state index in [0.717, 1.165) is 30.4 Å². The number of aliphatic hydroxyl groups is 1. The minimum atomic E-state index is -0.672. The van der Waals surface area contributed by atoms with Gasteiger partial charge >= 0.3 is 0 Å². The molecule has 3 rings (SSSR count). The maximum Gasteiger partial charge on any atom is 0.295 e. The molecule has 1 saturated heterocycles. The second-order valence-corrected chi connectivity index (χ2v) is 7.89. The van der Waals surface area contributed by atoms with Crippen molar-refractivity contribution in [3.8, 4) is 11.5 Å². The van der Waals surface area contributed by atoms with Gasteiger partial charge in [-0.15, -0.1) is 0 Å². The minimum absolute atomic E-state index is 0.102. The Kier molecular flexibility index (Phi) is 7.57. The second kappa shape index (κ2) is 10.4. The number of carbonyl (C=O) groups is 2. The number of unbranched alkanes of at least 4 members (excludes halogenated alkanes) is 2. The number of likely N-dealkylation sites (tertiary alicyclic amines) is 1. The fourth-order valence-corrected chi connectivity index (χ4v) is 4.11. The van der Waals surface area contributed by atoms with Gasteiger partial charge in [0.2, 0.25) is 0 Å². The molecule has 1 fully saturated rings. The Morgan fingerprint density at radius 3 is 2.53 bits per heavy atom. The fraction of sp³-hybridized carbons (Fsp3) is 0.385. The third kappa shape index (κ3) is 4.64. The molecule has 1 atom stereocenters. The highest BCUT2D eigenvalue weighted by atomic mass is 16.5. The molecule has 1 N–H and O–H groups in total. The molecule has 0 spiro atoms. The van der Waals surface area contributed by atoms with Crippen LogP contribution in [-0.4, -0.2) is 42.0 Å². The molecular weight excluding hydrogens is 406 g/mol. The molecule has 0 aromatic heterocycles. The summed E-state index contributed by atoms with van der Waals surface area (Å²) in [7, 11) is 1.58. The maximum absolute atomic E-state index is 13.1. The van der Waals surface area contributed by atoms with Crippen LogP contribution < -0.4 is 9.47 Å². The van der Waals surface area contributed by atoms with Gasteiger partial charge < -0.3 is 19.5 Å². The van der Waals surface area contributed by atoms with Gasteiger partial charge in [0.25, 0.3) is 11.7 Å². The Morgan fingerprint density at radius 1 is 1.09 bits per heavy atom. The van der Waals surface area contributed by atoms with E-state index in [9.17, 15) is 14.7 Å². The molecule has 170 valence electrons. The van der Waals surface area contributed by atoms with Crippen LogP contribution in [0.1, 0.15) is 55.8 Å². The van der Waals surface area contributed by atoms with Crippen LogP contribution in [0.25, 0.3) is 5.76 Å². The number of aryl methyl sites for hydroxylation is 1. The highest BCUT2D eigenvalue weighted by molar-refractivity contribution is 6.46. The number of methoxy groups -OCH3 is 1. The van der Waals surface area contributed by atoms with Crippen molar-refractivity contribution in [3.05, 3.63) is 64.7 Å². The van der Waals surface area contributed by atoms with E-state index in [1.54, 1.807) is 30.2 Å². The van der Waals surface area contributed by atoms with Crippen molar-refractivity contribution in [2.75, 3.05) is 20.3 Å². The Balaban J connectivity index is 2.13. The highest BCUT2D eigenvalue weighted by Gasteiger charge is 2.45. The molecule has 1 heterocycles. The first kappa shape index (κ1) is 23.4. The lowest BCUT2D eigenvalue weighted by molar-refractivity contribution is -0.139. The van der Waals surface area contributed by atoms with E-state index in [1.165, 1.54) is 0 Å². The number of aliphatic hydroxyl groups excluding tert-OH is 1. The Morgan fingerprint density at radius 2 is 1.88 bits per heavy atom. The first-order valence-electron chi connectivity index (χ1n) is 11.1. The van der Waals surface area contributed by atoms with E-state index >= 15 is 0 Å². The molecule has 1 amide bonds. The zero-order valence-corrected chi connectivity index (χ0v) is 19.2. The number of benzene rings is 2. The van der Waals surface area contributed by atoms with Crippen LogP contribution in [0.2, 0.25) is 0 Å². The van der Waals surface area contributed by atoms with Gasteiger partial charge in [0, 0.05) is 12.1 Å². The van der Waals surface area contributed by atoms with Gasteiger partial charge in [-0.1, -0.05) is 31.9 Å². The smallest absolute Gasteiger partial charge is 0.295 e. The molecule has 2 aromatic rings. The lowest BCUT2D eigenvalue weighted by Gasteiger charge is -2.25. The predicted molar refractivity (Wildman–Crippen MR) is 124 cm³/mol. The summed E-state index contributed by atoms with van der Waals surface area (Å²) in [5.74, 6) is -0.0927. The Hall–Kier alpha value is -3.28. The highest BCUT2D eigenvalue weighted by Crippen LogP contribution is 2.40. The van der Waals surface area contributed by atoms with Crippen LogP contribution in [0.5, 0.6) is 11.5 Å². The first-order chi connectivity index (χ1) is 15.4. The number of ether oxygens (including phenoxy) is 2. The number of nitrogens with zero attached hydrogens (tertiary/aromatic N) is 1. The molecule has 0 bridgehead atoms. The number of hydrogen-bond acceptors (Lipinski definition) is 5. The minimum Gasteiger partial charge on any atom is -0.507 e. The summed E-state index contributed by atoms with van der Waals surface area (Å²) in [5.41, 5.74) is 2.13. The van der Waals surface area contributed by atoms with Gasteiger partial charge in [0.05, 0.1) is 25.3 Å². The van der Waals surface area contributed by atoms with Crippen molar-refractivity contribution in [1.82, 2.24) is 4.90 Å². The summed E-state index contributed by atoms with van der Waals surface area (Å²) in [5, 5.41) is 11.2. The average Bonchev–Trinajstić information content (AvgIpc) is 3.04. The first-order valence-corrected chi connectivity index (χ1v) is 11.1. The molecular formula is C26H31NO5. The van der Waals surface area contributed by atoms with Gasteiger partial charge in [0.1, 0.15) is 17.3 Å². The zero-order valence-electron chi connectivity index (χ0n) is 19.2. The summed E-state index contributed by atoms with van der Waals surface area (Å²) in [6.07, 6.45) is 2.73. The van der Waals surface area contributed by atoms with Crippen molar-refractivity contribution in [3.63, 3.8) is 0 Å². The molecule has 6 heteroatoms. The number of hydrogen-bond donors (Lipinski definition) is 1. The van der Waals surface area contributed by atoms with Crippen molar-refractivity contribution in [1.29, 1.82) is 0 Å². The van der Waals surface area contributed by atoms with E-state index in [1.807, 2.05) is 38.1 Å². The normalized spacial score (nSPS) is 17.6.